The first-order valence-corrected chi connectivity index (χ1v) is 8.91. The van der Waals surface area contributed by atoms with Crippen molar-refractivity contribution in [1.29, 1.82) is 0 Å². The maximum atomic E-state index is 12.1. The zero-order chi connectivity index (χ0) is 15.1. The summed E-state index contributed by atoms with van der Waals surface area (Å²) in [5, 5.41) is 3.10. The van der Waals surface area contributed by atoms with E-state index in [0.29, 0.717) is 0 Å². The van der Waals surface area contributed by atoms with Crippen LogP contribution in [-0.4, -0.2) is 43.0 Å². The molecule has 2 aliphatic rings. The molecule has 0 aromatic carbocycles. The lowest BCUT2D eigenvalue weighted by Gasteiger charge is -2.30. The summed E-state index contributed by atoms with van der Waals surface area (Å²) in [5.41, 5.74) is 5.95. The van der Waals surface area contributed by atoms with E-state index in [1.165, 1.54) is 38.9 Å². The van der Waals surface area contributed by atoms with Crippen LogP contribution in [0.1, 0.15) is 58.3 Å². The van der Waals surface area contributed by atoms with Gasteiger partial charge in [0.05, 0.1) is 0 Å². The van der Waals surface area contributed by atoms with Crippen molar-refractivity contribution in [3.05, 3.63) is 0 Å². The number of hydrogen-bond acceptors (Lipinski definition) is 3. The van der Waals surface area contributed by atoms with Gasteiger partial charge in [-0.25, -0.2) is 0 Å². The molecule has 3 N–H and O–H groups in total. The van der Waals surface area contributed by atoms with Gasteiger partial charge in [-0.05, 0) is 70.5 Å². The highest BCUT2D eigenvalue weighted by atomic mass is 35.5. The van der Waals surface area contributed by atoms with Crippen LogP contribution >= 0.6 is 24.8 Å². The number of likely N-dealkylation sites (tertiary alicyclic amines) is 1. The van der Waals surface area contributed by atoms with E-state index >= 15 is 0 Å². The van der Waals surface area contributed by atoms with Crippen molar-refractivity contribution < 1.29 is 4.79 Å². The van der Waals surface area contributed by atoms with Crippen molar-refractivity contribution in [2.24, 2.45) is 17.6 Å². The molecule has 1 aliphatic carbocycles. The summed E-state index contributed by atoms with van der Waals surface area (Å²) in [6, 6.07) is 0.232. The fourth-order valence-electron chi connectivity index (χ4n) is 3.57. The van der Waals surface area contributed by atoms with Gasteiger partial charge in [-0.1, -0.05) is 13.3 Å². The SMILES string of the molecule is CC1CCN(CCCCNC(=O)C2CCCC(N)C2)CC1.Cl.Cl. The van der Waals surface area contributed by atoms with Crippen LogP contribution in [0.25, 0.3) is 0 Å². The lowest BCUT2D eigenvalue weighted by molar-refractivity contribution is -0.126. The molecule has 1 amide bonds. The Balaban J connectivity index is 0.00000242. The zero-order valence-corrected chi connectivity index (χ0v) is 16.1. The molecule has 2 rings (SSSR count). The Kier molecular flexibility index (Phi) is 12.3. The van der Waals surface area contributed by atoms with Crippen LogP contribution in [0.4, 0.5) is 0 Å². The van der Waals surface area contributed by atoms with Crippen LogP contribution in [-0.2, 0) is 4.79 Å². The Bertz CT molecular complexity index is 323. The normalized spacial score (nSPS) is 26.0. The maximum absolute atomic E-state index is 12.1. The van der Waals surface area contributed by atoms with Crippen molar-refractivity contribution in [1.82, 2.24) is 10.2 Å². The number of carbonyl (C=O) groups is 1. The number of unbranched alkanes of at least 4 members (excludes halogenated alkanes) is 1. The van der Waals surface area contributed by atoms with Crippen molar-refractivity contribution in [3.63, 3.8) is 0 Å². The monoisotopic (exact) mass is 367 g/mol. The second-order valence-electron chi connectivity index (χ2n) is 7.15. The number of nitrogens with one attached hydrogen (secondary N) is 1. The third kappa shape index (κ3) is 8.57. The standard InChI is InChI=1S/C17H33N3O.2ClH/c1-14-7-11-20(12-8-14)10-3-2-9-19-17(21)15-5-4-6-16(18)13-15;;/h14-16H,2-13,18H2,1H3,(H,19,21);2*1H. The minimum Gasteiger partial charge on any atom is -0.356 e. The molecule has 0 aromatic rings. The largest absolute Gasteiger partial charge is 0.356 e. The summed E-state index contributed by atoms with van der Waals surface area (Å²) < 4.78 is 0. The maximum Gasteiger partial charge on any atom is 0.223 e. The van der Waals surface area contributed by atoms with Crippen LogP contribution in [0.2, 0.25) is 0 Å². The molecule has 1 heterocycles. The number of rotatable bonds is 6. The fraction of sp³-hybridized carbons (Fsp3) is 0.941. The molecule has 0 spiro atoms. The summed E-state index contributed by atoms with van der Waals surface area (Å²) in [7, 11) is 0. The smallest absolute Gasteiger partial charge is 0.223 e. The van der Waals surface area contributed by atoms with Gasteiger partial charge in [0, 0.05) is 18.5 Å². The molecular formula is C17H35Cl2N3O. The Morgan fingerprint density at radius 2 is 1.83 bits per heavy atom. The summed E-state index contributed by atoms with van der Waals surface area (Å²) in [5.74, 6) is 1.30. The van der Waals surface area contributed by atoms with Gasteiger partial charge in [0.1, 0.15) is 0 Å². The van der Waals surface area contributed by atoms with E-state index in [-0.39, 0.29) is 42.7 Å². The van der Waals surface area contributed by atoms with Gasteiger partial charge in [0.15, 0.2) is 0 Å². The molecule has 6 heteroatoms. The van der Waals surface area contributed by atoms with Gasteiger partial charge in [-0.3, -0.25) is 4.79 Å². The first-order valence-electron chi connectivity index (χ1n) is 8.91. The van der Waals surface area contributed by atoms with Gasteiger partial charge in [0.2, 0.25) is 5.91 Å². The molecule has 4 nitrogen and oxygen atoms in total. The molecule has 0 aromatic heterocycles. The van der Waals surface area contributed by atoms with E-state index in [4.69, 9.17) is 5.73 Å². The van der Waals surface area contributed by atoms with Crippen molar-refractivity contribution in [2.45, 2.75) is 64.3 Å². The number of nitrogens with two attached hydrogens (primary N) is 1. The molecule has 138 valence electrons. The topological polar surface area (TPSA) is 58.4 Å². The van der Waals surface area contributed by atoms with E-state index < -0.39 is 0 Å². The van der Waals surface area contributed by atoms with Gasteiger partial charge < -0.3 is 16.0 Å². The quantitative estimate of drug-likeness (QED) is 0.709. The number of amides is 1. The van der Waals surface area contributed by atoms with Crippen molar-refractivity contribution in [2.75, 3.05) is 26.2 Å². The van der Waals surface area contributed by atoms with E-state index in [1.807, 2.05) is 0 Å². The lowest BCUT2D eigenvalue weighted by atomic mass is 9.85. The highest BCUT2D eigenvalue weighted by Crippen LogP contribution is 2.23. The Morgan fingerprint density at radius 1 is 1.13 bits per heavy atom. The minimum atomic E-state index is 0. The second-order valence-corrected chi connectivity index (χ2v) is 7.15. The average molecular weight is 368 g/mol. The second kappa shape index (κ2) is 12.3. The molecule has 1 saturated heterocycles. The highest BCUT2D eigenvalue weighted by molar-refractivity contribution is 5.85. The molecule has 0 bridgehead atoms. The Morgan fingerprint density at radius 3 is 2.48 bits per heavy atom. The van der Waals surface area contributed by atoms with Crippen LogP contribution in [0, 0.1) is 11.8 Å². The van der Waals surface area contributed by atoms with Gasteiger partial charge in [0.25, 0.3) is 0 Å². The lowest BCUT2D eigenvalue weighted by Crippen LogP contribution is -2.38. The minimum absolute atomic E-state index is 0. The molecule has 23 heavy (non-hydrogen) atoms. The predicted octanol–water partition coefficient (Wildman–Crippen LogP) is 2.98. The number of hydrogen-bond donors (Lipinski definition) is 2. The third-order valence-corrected chi connectivity index (χ3v) is 5.16. The first kappa shape index (κ1) is 23.0. The number of carbonyl (C=O) groups excluding carboxylic acids is 1. The van der Waals surface area contributed by atoms with E-state index in [1.54, 1.807) is 0 Å². The fourth-order valence-corrected chi connectivity index (χ4v) is 3.57. The molecular weight excluding hydrogens is 333 g/mol. The summed E-state index contributed by atoms with van der Waals surface area (Å²) in [4.78, 5) is 14.6. The molecule has 2 fully saturated rings. The predicted molar refractivity (Wildman–Crippen MR) is 102 cm³/mol. The Labute approximate surface area is 154 Å². The average Bonchev–Trinajstić information content (AvgIpc) is 2.48. The third-order valence-electron chi connectivity index (χ3n) is 5.16. The number of piperidine rings is 1. The summed E-state index contributed by atoms with van der Waals surface area (Å²) >= 11 is 0. The summed E-state index contributed by atoms with van der Waals surface area (Å²) in [6.45, 7) is 6.89. The van der Waals surface area contributed by atoms with Crippen LogP contribution in [0.15, 0.2) is 0 Å². The molecule has 1 saturated carbocycles. The first-order chi connectivity index (χ1) is 10.1. The van der Waals surface area contributed by atoms with Crippen LogP contribution in [0.5, 0.6) is 0 Å². The Hall–Kier alpha value is -0.0300. The number of halogens is 2. The molecule has 1 aliphatic heterocycles. The van der Waals surface area contributed by atoms with Crippen LogP contribution < -0.4 is 11.1 Å². The van der Waals surface area contributed by atoms with Crippen LogP contribution in [0.3, 0.4) is 0 Å². The van der Waals surface area contributed by atoms with Crippen molar-refractivity contribution in [3.8, 4) is 0 Å². The summed E-state index contributed by atoms with van der Waals surface area (Å²) in [6.07, 6.45) is 9.06. The van der Waals surface area contributed by atoms with Gasteiger partial charge in [-0.2, -0.15) is 0 Å². The molecule has 2 atom stereocenters. The number of nitrogens with zero attached hydrogens (tertiary/aromatic N) is 1. The molecule has 0 radical (unpaired) electrons. The highest BCUT2D eigenvalue weighted by Gasteiger charge is 2.24. The van der Waals surface area contributed by atoms with E-state index in [9.17, 15) is 4.79 Å². The van der Waals surface area contributed by atoms with E-state index in [0.717, 1.165) is 44.6 Å². The van der Waals surface area contributed by atoms with Gasteiger partial charge in [-0.15, -0.1) is 24.8 Å². The van der Waals surface area contributed by atoms with Crippen molar-refractivity contribution >= 4 is 30.7 Å². The van der Waals surface area contributed by atoms with Gasteiger partial charge >= 0.3 is 0 Å². The molecule has 2 unspecified atom stereocenters. The zero-order valence-electron chi connectivity index (χ0n) is 14.5. The van der Waals surface area contributed by atoms with E-state index in [2.05, 4.69) is 17.1 Å².